The summed E-state index contributed by atoms with van der Waals surface area (Å²) < 4.78 is 5.91. The monoisotopic (exact) mass is 438 g/mol. The molecule has 0 saturated heterocycles. The van der Waals surface area contributed by atoms with Crippen molar-refractivity contribution in [1.29, 1.82) is 0 Å². The third-order valence-corrected chi connectivity index (χ3v) is 6.85. The van der Waals surface area contributed by atoms with Gasteiger partial charge >= 0.3 is 5.97 Å². The number of hydrogen-bond acceptors (Lipinski definition) is 6. The van der Waals surface area contributed by atoms with E-state index in [1.54, 1.807) is 12.1 Å². The summed E-state index contributed by atoms with van der Waals surface area (Å²) in [5.41, 5.74) is 2.41. The molecule has 1 aliphatic heterocycles. The number of carbonyl (C=O) groups excluding carboxylic acids is 2. The van der Waals surface area contributed by atoms with Gasteiger partial charge in [0.15, 0.2) is 5.78 Å². The minimum absolute atomic E-state index is 0.00804. The maximum absolute atomic E-state index is 13.4. The van der Waals surface area contributed by atoms with Crippen molar-refractivity contribution in [2.45, 2.75) is 77.7 Å². The molecule has 0 N–H and O–H groups in total. The van der Waals surface area contributed by atoms with E-state index in [0.29, 0.717) is 29.7 Å². The van der Waals surface area contributed by atoms with Crippen LogP contribution in [0.25, 0.3) is 0 Å². The Morgan fingerprint density at radius 3 is 2.41 bits per heavy atom. The molecule has 4 rings (SSSR count). The molecule has 0 bridgehead atoms. The number of Topliss-reactive ketones (excluding diaryl/α,β-unsaturated/α-hetero) is 1. The first-order valence-electron chi connectivity index (χ1n) is 11.4. The van der Waals surface area contributed by atoms with E-state index >= 15 is 0 Å². The van der Waals surface area contributed by atoms with Crippen molar-refractivity contribution in [2.24, 2.45) is 16.3 Å². The number of esters is 1. The van der Waals surface area contributed by atoms with Gasteiger partial charge in [-0.2, -0.15) is 0 Å². The SMILES string of the molecule is CC1=NC2=C(C(=O)CC(C)(C)C2)[C@H](c2ccc([N+](=O)[O-])cc2)C1C(=O)OC1CCCCC1. The maximum atomic E-state index is 13.4. The van der Waals surface area contributed by atoms with Crippen LogP contribution in [0.3, 0.4) is 0 Å². The van der Waals surface area contributed by atoms with Gasteiger partial charge in [-0.3, -0.25) is 24.7 Å². The van der Waals surface area contributed by atoms with Gasteiger partial charge in [-0.15, -0.1) is 0 Å². The lowest BCUT2D eigenvalue weighted by Crippen LogP contribution is -2.40. The molecular formula is C25H30N2O5. The van der Waals surface area contributed by atoms with Crippen molar-refractivity contribution in [3.63, 3.8) is 0 Å². The summed E-state index contributed by atoms with van der Waals surface area (Å²) in [6.07, 6.45) is 5.90. The van der Waals surface area contributed by atoms with Crippen molar-refractivity contribution in [3.8, 4) is 0 Å². The Labute approximate surface area is 188 Å². The molecule has 3 aliphatic rings. The summed E-state index contributed by atoms with van der Waals surface area (Å²) in [5, 5.41) is 11.1. The minimum atomic E-state index is -0.706. The predicted octanol–water partition coefficient (Wildman–Crippen LogP) is 5.29. The molecule has 1 aromatic rings. The average Bonchev–Trinajstić information content (AvgIpc) is 2.72. The third kappa shape index (κ3) is 4.38. The number of carbonyl (C=O) groups is 2. The maximum Gasteiger partial charge on any atom is 0.315 e. The fourth-order valence-corrected chi connectivity index (χ4v) is 5.33. The number of nitrogens with zero attached hydrogens (tertiary/aromatic N) is 2. The molecule has 1 heterocycles. The quantitative estimate of drug-likeness (QED) is 0.361. The smallest absolute Gasteiger partial charge is 0.315 e. The van der Waals surface area contributed by atoms with E-state index in [2.05, 4.69) is 0 Å². The van der Waals surface area contributed by atoms with Crippen LogP contribution in [0.15, 0.2) is 40.5 Å². The molecule has 170 valence electrons. The van der Waals surface area contributed by atoms with E-state index in [9.17, 15) is 19.7 Å². The molecule has 0 radical (unpaired) electrons. The number of rotatable bonds is 4. The van der Waals surface area contributed by atoms with E-state index in [4.69, 9.17) is 9.73 Å². The van der Waals surface area contributed by atoms with Gasteiger partial charge in [-0.25, -0.2) is 0 Å². The fourth-order valence-electron chi connectivity index (χ4n) is 5.33. The molecule has 2 atom stereocenters. The Kier molecular flexibility index (Phi) is 6.01. The number of nitro groups is 1. The molecule has 7 heteroatoms. The van der Waals surface area contributed by atoms with Crippen LogP contribution < -0.4 is 0 Å². The second-order valence-electron chi connectivity index (χ2n) is 10.1. The Hall–Kier alpha value is -2.83. The van der Waals surface area contributed by atoms with Crippen molar-refractivity contribution in [3.05, 3.63) is 51.2 Å². The lowest BCUT2D eigenvalue weighted by Gasteiger charge is -2.39. The Morgan fingerprint density at radius 2 is 1.78 bits per heavy atom. The van der Waals surface area contributed by atoms with Gasteiger partial charge in [-0.1, -0.05) is 32.4 Å². The van der Waals surface area contributed by atoms with Gasteiger partial charge in [0.1, 0.15) is 12.0 Å². The average molecular weight is 439 g/mol. The topological polar surface area (TPSA) is 98.9 Å². The zero-order valence-electron chi connectivity index (χ0n) is 18.9. The molecular weight excluding hydrogens is 408 g/mol. The van der Waals surface area contributed by atoms with Gasteiger partial charge in [-0.05, 0) is 50.0 Å². The Morgan fingerprint density at radius 1 is 1.12 bits per heavy atom. The molecule has 0 spiro atoms. The Balaban J connectivity index is 1.75. The number of nitro benzene ring substituents is 1. The zero-order valence-corrected chi connectivity index (χ0v) is 18.9. The largest absolute Gasteiger partial charge is 0.462 e. The first-order chi connectivity index (χ1) is 15.2. The van der Waals surface area contributed by atoms with E-state index < -0.39 is 16.8 Å². The zero-order chi connectivity index (χ0) is 23.0. The van der Waals surface area contributed by atoms with E-state index in [-0.39, 0.29) is 29.0 Å². The molecule has 1 aromatic carbocycles. The highest BCUT2D eigenvalue weighted by atomic mass is 16.6. The summed E-state index contributed by atoms with van der Waals surface area (Å²) >= 11 is 0. The summed E-state index contributed by atoms with van der Waals surface area (Å²) in [5.74, 6) is -1.61. The molecule has 7 nitrogen and oxygen atoms in total. The number of non-ortho nitro benzene ring substituents is 1. The van der Waals surface area contributed by atoms with Crippen LogP contribution in [-0.2, 0) is 14.3 Å². The van der Waals surface area contributed by atoms with E-state index in [1.165, 1.54) is 12.1 Å². The summed E-state index contributed by atoms with van der Waals surface area (Å²) in [7, 11) is 0. The highest BCUT2D eigenvalue weighted by molar-refractivity contribution is 6.09. The summed E-state index contributed by atoms with van der Waals surface area (Å²) in [6.45, 7) is 5.91. The molecule has 0 aromatic heterocycles. The summed E-state index contributed by atoms with van der Waals surface area (Å²) in [6, 6.07) is 6.16. The minimum Gasteiger partial charge on any atom is -0.462 e. The highest BCUT2D eigenvalue weighted by Gasteiger charge is 2.46. The first kappa shape index (κ1) is 22.4. The molecule has 2 aliphatic carbocycles. The van der Waals surface area contributed by atoms with E-state index in [1.807, 2.05) is 20.8 Å². The van der Waals surface area contributed by atoms with E-state index in [0.717, 1.165) is 37.8 Å². The number of benzene rings is 1. The van der Waals surface area contributed by atoms with Gasteiger partial charge in [0, 0.05) is 41.5 Å². The molecule has 1 unspecified atom stereocenters. The molecule has 32 heavy (non-hydrogen) atoms. The lowest BCUT2D eigenvalue weighted by atomic mass is 9.67. The number of hydrogen-bond donors (Lipinski definition) is 0. The highest BCUT2D eigenvalue weighted by Crippen LogP contribution is 2.48. The molecule has 0 amide bonds. The number of aliphatic imine (C=N–C) groups is 1. The van der Waals surface area contributed by atoms with Crippen LogP contribution in [0.4, 0.5) is 5.69 Å². The first-order valence-corrected chi connectivity index (χ1v) is 11.4. The van der Waals surface area contributed by atoms with Crippen LogP contribution in [-0.4, -0.2) is 28.5 Å². The van der Waals surface area contributed by atoms with Crippen molar-refractivity contribution in [2.75, 3.05) is 0 Å². The van der Waals surface area contributed by atoms with Gasteiger partial charge in [0.2, 0.25) is 0 Å². The van der Waals surface area contributed by atoms with Crippen LogP contribution >= 0.6 is 0 Å². The number of allylic oxidation sites excluding steroid dienone is 2. The molecule has 1 saturated carbocycles. The van der Waals surface area contributed by atoms with Crippen molar-refractivity contribution < 1.29 is 19.2 Å². The normalized spacial score (nSPS) is 25.7. The lowest BCUT2D eigenvalue weighted by molar-refractivity contribution is -0.384. The Bertz CT molecular complexity index is 1000. The number of ketones is 1. The van der Waals surface area contributed by atoms with Crippen LogP contribution in [0.2, 0.25) is 0 Å². The van der Waals surface area contributed by atoms with Crippen LogP contribution in [0.1, 0.15) is 77.2 Å². The van der Waals surface area contributed by atoms with Crippen LogP contribution in [0, 0.1) is 21.4 Å². The van der Waals surface area contributed by atoms with Gasteiger partial charge in [0.05, 0.1) is 4.92 Å². The fraction of sp³-hybridized carbons (Fsp3) is 0.560. The standard InChI is InChI=1S/C25H30N2O5/c1-15-21(24(29)32-18-7-5-4-6-8-18)22(16-9-11-17(12-10-16)27(30)31)23-19(26-15)13-25(2,3)14-20(23)28/h9-12,18,21-22H,4-8,13-14H2,1-3H3/t21?,22-/m1/s1. The summed E-state index contributed by atoms with van der Waals surface area (Å²) in [4.78, 5) is 42.1. The number of ether oxygens (including phenoxy) is 1. The second-order valence-corrected chi connectivity index (χ2v) is 10.1. The molecule has 1 fully saturated rings. The van der Waals surface area contributed by atoms with Gasteiger partial charge < -0.3 is 4.74 Å². The van der Waals surface area contributed by atoms with Crippen molar-refractivity contribution >= 4 is 23.2 Å². The van der Waals surface area contributed by atoms with Crippen LogP contribution in [0.5, 0.6) is 0 Å². The van der Waals surface area contributed by atoms with Gasteiger partial charge in [0.25, 0.3) is 5.69 Å². The second kappa shape index (κ2) is 8.60. The third-order valence-electron chi connectivity index (χ3n) is 6.85. The predicted molar refractivity (Wildman–Crippen MR) is 120 cm³/mol. The van der Waals surface area contributed by atoms with Crippen molar-refractivity contribution in [1.82, 2.24) is 0 Å².